The van der Waals surface area contributed by atoms with Crippen LogP contribution >= 0.6 is 11.3 Å². The van der Waals surface area contributed by atoms with Crippen molar-refractivity contribution < 1.29 is 4.79 Å². The van der Waals surface area contributed by atoms with Crippen LogP contribution in [0.4, 0.5) is 4.79 Å². The molecule has 2 rings (SSSR count). The molecule has 0 aliphatic rings. The van der Waals surface area contributed by atoms with E-state index in [-0.39, 0.29) is 18.1 Å². The summed E-state index contributed by atoms with van der Waals surface area (Å²) in [5, 5.41) is 8.51. The highest BCUT2D eigenvalue weighted by Crippen LogP contribution is 2.29. The van der Waals surface area contributed by atoms with Crippen LogP contribution in [0.5, 0.6) is 0 Å². The number of amides is 2. The van der Waals surface area contributed by atoms with E-state index < -0.39 is 0 Å². The highest BCUT2D eigenvalue weighted by atomic mass is 32.1. The fourth-order valence-corrected chi connectivity index (χ4v) is 3.87. The number of aryl methyl sites for hydroxylation is 4. The molecule has 24 heavy (non-hydrogen) atoms. The molecule has 0 fully saturated rings. The van der Waals surface area contributed by atoms with Gasteiger partial charge in [0.1, 0.15) is 0 Å². The fraction of sp³-hybridized carbons (Fsp3) is 0.588. The standard InChI is InChI=1S/C17H27N5OS/c1-8-15-18-12(4)16(24-15)13(5)22(7)17(23)19-10(2)14-9-21(6)20-11(14)3/h9-10,13H,8H2,1-7H3,(H,19,23). The van der Waals surface area contributed by atoms with Crippen molar-refractivity contribution in [2.75, 3.05) is 7.05 Å². The molecule has 2 aromatic rings. The molecule has 0 bridgehead atoms. The van der Waals surface area contributed by atoms with Gasteiger partial charge in [0.2, 0.25) is 0 Å². The number of hydrogen-bond acceptors (Lipinski definition) is 4. The first-order valence-electron chi connectivity index (χ1n) is 8.24. The number of thiazole rings is 1. The molecule has 0 aliphatic carbocycles. The molecule has 2 amide bonds. The third-order valence-corrected chi connectivity index (χ3v) is 5.79. The Morgan fingerprint density at radius 3 is 2.54 bits per heavy atom. The van der Waals surface area contributed by atoms with Crippen molar-refractivity contribution in [1.82, 2.24) is 25.0 Å². The molecule has 0 spiro atoms. The van der Waals surface area contributed by atoms with E-state index in [4.69, 9.17) is 0 Å². The topological polar surface area (TPSA) is 63.1 Å². The number of carbonyl (C=O) groups excluding carboxylic acids is 1. The normalized spacial score (nSPS) is 13.6. The lowest BCUT2D eigenvalue weighted by Gasteiger charge is -2.26. The van der Waals surface area contributed by atoms with Gasteiger partial charge in [0, 0.05) is 30.7 Å². The van der Waals surface area contributed by atoms with Crippen molar-refractivity contribution in [2.24, 2.45) is 7.05 Å². The number of carbonyl (C=O) groups is 1. The Labute approximate surface area is 147 Å². The Kier molecular flexibility index (Phi) is 5.64. The van der Waals surface area contributed by atoms with Crippen LogP contribution < -0.4 is 5.32 Å². The summed E-state index contributed by atoms with van der Waals surface area (Å²) in [6.07, 6.45) is 2.87. The number of rotatable bonds is 5. The predicted octanol–water partition coefficient (Wildman–Crippen LogP) is 3.52. The molecule has 0 aromatic carbocycles. The van der Waals surface area contributed by atoms with Gasteiger partial charge in [0.15, 0.2) is 0 Å². The Bertz CT molecular complexity index is 721. The molecule has 0 radical (unpaired) electrons. The Morgan fingerprint density at radius 2 is 2.04 bits per heavy atom. The van der Waals surface area contributed by atoms with Gasteiger partial charge >= 0.3 is 6.03 Å². The first kappa shape index (κ1) is 18.4. The van der Waals surface area contributed by atoms with Crippen LogP contribution in [0.3, 0.4) is 0 Å². The lowest BCUT2D eigenvalue weighted by molar-refractivity contribution is 0.191. The second kappa shape index (κ2) is 7.34. The summed E-state index contributed by atoms with van der Waals surface area (Å²) in [4.78, 5) is 20.1. The van der Waals surface area contributed by atoms with Crippen LogP contribution in [-0.4, -0.2) is 32.7 Å². The molecule has 0 saturated heterocycles. The van der Waals surface area contributed by atoms with Crippen molar-refractivity contribution in [2.45, 2.75) is 53.1 Å². The Morgan fingerprint density at radius 1 is 1.38 bits per heavy atom. The van der Waals surface area contributed by atoms with E-state index in [0.29, 0.717) is 0 Å². The van der Waals surface area contributed by atoms with E-state index in [0.717, 1.165) is 33.3 Å². The molecule has 0 aliphatic heterocycles. The Hall–Kier alpha value is -1.89. The van der Waals surface area contributed by atoms with Gasteiger partial charge in [-0.3, -0.25) is 4.68 Å². The number of urea groups is 1. The minimum Gasteiger partial charge on any atom is -0.331 e. The molecule has 2 aromatic heterocycles. The van der Waals surface area contributed by atoms with Gasteiger partial charge in [-0.25, -0.2) is 9.78 Å². The van der Waals surface area contributed by atoms with Gasteiger partial charge in [-0.2, -0.15) is 5.10 Å². The molecular weight excluding hydrogens is 322 g/mol. The average molecular weight is 350 g/mol. The summed E-state index contributed by atoms with van der Waals surface area (Å²) in [6, 6.07) is -0.191. The SMILES string of the molecule is CCc1nc(C)c(C(C)N(C)C(=O)NC(C)c2cn(C)nc2C)s1. The molecule has 7 heteroatoms. The van der Waals surface area contributed by atoms with Crippen LogP contribution in [0.15, 0.2) is 6.20 Å². The molecule has 2 atom stereocenters. The molecule has 6 nitrogen and oxygen atoms in total. The van der Waals surface area contributed by atoms with Crippen molar-refractivity contribution in [3.63, 3.8) is 0 Å². The van der Waals surface area contributed by atoms with Gasteiger partial charge < -0.3 is 10.2 Å². The number of hydrogen-bond donors (Lipinski definition) is 1. The minimum atomic E-state index is -0.0934. The lowest BCUT2D eigenvalue weighted by atomic mass is 10.1. The zero-order chi connectivity index (χ0) is 18.0. The van der Waals surface area contributed by atoms with Gasteiger partial charge in [-0.1, -0.05) is 6.92 Å². The number of aromatic nitrogens is 3. The Balaban J connectivity index is 2.08. The molecular formula is C17H27N5OS. The van der Waals surface area contributed by atoms with Crippen LogP contribution in [-0.2, 0) is 13.5 Å². The zero-order valence-electron chi connectivity index (χ0n) is 15.5. The van der Waals surface area contributed by atoms with Gasteiger partial charge in [-0.15, -0.1) is 11.3 Å². The largest absolute Gasteiger partial charge is 0.331 e. The van der Waals surface area contributed by atoms with Crippen LogP contribution in [0.2, 0.25) is 0 Å². The first-order chi connectivity index (χ1) is 11.2. The fourth-order valence-electron chi connectivity index (χ4n) is 2.76. The van der Waals surface area contributed by atoms with Gasteiger partial charge in [0.25, 0.3) is 0 Å². The summed E-state index contributed by atoms with van der Waals surface area (Å²) >= 11 is 1.69. The van der Waals surface area contributed by atoms with Gasteiger partial charge in [-0.05, 0) is 34.1 Å². The second-order valence-corrected chi connectivity index (χ2v) is 7.33. The van der Waals surface area contributed by atoms with E-state index in [1.54, 1.807) is 20.9 Å². The highest BCUT2D eigenvalue weighted by molar-refractivity contribution is 7.11. The van der Waals surface area contributed by atoms with Crippen LogP contribution in [0.1, 0.15) is 59.7 Å². The summed E-state index contributed by atoms with van der Waals surface area (Å²) in [5.41, 5.74) is 2.99. The second-order valence-electron chi connectivity index (χ2n) is 6.21. The van der Waals surface area contributed by atoms with Gasteiger partial charge in [0.05, 0.1) is 28.5 Å². The summed E-state index contributed by atoms with van der Waals surface area (Å²) in [6.45, 7) is 10.1. The lowest BCUT2D eigenvalue weighted by Crippen LogP contribution is -2.40. The third kappa shape index (κ3) is 3.77. The van der Waals surface area contributed by atoms with E-state index >= 15 is 0 Å². The average Bonchev–Trinajstić information content (AvgIpc) is 3.07. The summed E-state index contributed by atoms with van der Waals surface area (Å²) in [5.74, 6) is 0. The number of nitrogens with zero attached hydrogens (tertiary/aromatic N) is 4. The van der Waals surface area contributed by atoms with Crippen LogP contribution in [0.25, 0.3) is 0 Å². The maximum Gasteiger partial charge on any atom is 0.318 e. The third-order valence-electron chi connectivity index (χ3n) is 4.32. The first-order valence-corrected chi connectivity index (χ1v) is 9.05. The smallest absolute Gasteiger partial charge is 0.318 e. The monoisotopic (exact) mass is 349 g/mol. The minimum absolute atomic E-state index is 0.00926. The van der Waals surface area contributed by atoms with Crippen molar-refractivity contribution in [1.29, 1.82) is 0 Å². The predicted molar refractivity (Wildman–Crippen MR) is 97.3 cm³/mol. The number of nitrogens with one attached hydrogen (secondary N) is 1. The summed E-state index contributed by atoms with van der Waals surface area (Å²) < 4.78 is 1.77. The molecule has 2 heterocycles. The van der Waals surface area contributed by atoms with E-state index in [2.05, 4.69) is 22.3 Å². The van der Waals surface area contributed by atoms with Crippen LogP contribution in [0, 0.1) is 13.8 Å². The molecule has 0 saturated carbocycles. The zero-order valence-corrected chi connectivity index (χ0v) is 16.4. The quantitative estimate of drug-likeness (QED) is 0.898. The van der Waals surface area contributed by atoms with E-state index in [9.17, 15) is 4.79 Å². The van der Waals surface area contributed by atoms with Crippen molar-refractivity contribution in [3.05, 3.63) is 33.0 Å². The van der Waals surface area contributed by atoms with Crippen molar-refractivity contribution in [3.8, 4) is 0 Å². The molecule has 132 valence electrons. The highest BCUT2D eigenvalue weighted by Gasteiger charge is 2.23. The maximum atomic E-state index is 12.6. The molecule has 2 unspecified atom stereocenters. The van der Waals surface area contributed by atoms with E-state index in [1.807, 2.05) is 48.0 Å². The van der Waals surface area contributed by atoms with Crippen molar-refractivity contribution >= 4 is 17.4 Å². The van der Waals surface area contributed by atoms with E-state index in [1.165, 1.54) is 0 Å². The molecule has 1 N–H and O–H groups in total. The maximum absolute atomic E-state index is 12.6. The summed E-state index contributed by atoms with van der Waals surface area (Å²) in [7, 11) is 3.71.